The van der Waals surface area contributed by atoms with Gasteiger partial charge in [0.2, 0.25) is 0 Å². The highest BCUT2D eigenvalue weighted by Gasteiger charge is 2.03. The average molecular weight is 246 g/mol. The van der Waals surface area contributed by atoms with Crippen LogP contribution >= 0.6 is 23.2 Å². The fourth-order valence-electron chi connectivity index (χ4n) is 1.19. The van der Waals surface area contributed by atoms with Gasteiger partial charge >= 0.3 is 0 Å². The topological polar surface area (TPSA) is 9.23 Å². The van der Waals surface area contributed by atoms with E-state index >= 15 is 0 Å². The van der Waals surface area contributed by atoms with E-state index in [1.807, 2.05) is 24.3 Å². The monoisotopic (exact) mass is 245 g/mol. The molecule has 1 nitrogen and oxygen atoms in total. The molecule has 0 heterocycles. The number of rotatable bonds is 6. The third kappa shape index (κ3) is 4.76. The van der Waals surface area contributed by atoms with Gasteiger partial charge in [-0.05, 0) is 30.5 Å². The van der Waals surface area contributed by atoms with Gasteiger partial charge in [-0.2, -0.15) is 0 Å². The van der Waals surface area contributed by atoms with Gasteiger partial charge in [0.15, 0.2) is 0 Å². The van der Waals surface area contributed by atoms with Crippen molar-refractivity contribution < 1.29 is 4.74 Å². The van der Waals surface area contributed by atoms with E-state index in [0.29, 0.717) is 12.5 Å². The quantitative estimate of drug-likeness (QED) is 0.696. The molecule has 3 heteroatoms. The summed E-state index contributed by atoms with van der Waals surface area (Å²) in [5.41, 5.74) is 1.28. The van der Waals surface area contributed by atoms with Crippen molar-refractivity contribution in [2.45, 2.75) is 18.2 Å². The maximum absolute atomic E-state index is 5.83. The lowest BCUT2D eigenvalue weighted by atomic mass is 10.1. The lowest BCUT2D eigenvalue weighted by Crippen LogP contribution is -2.12. The number of ether oxygens (including phenoxy) is 1. The van der Waals surface area contributed by atoms with E-state index in [4.69, 9.17) is 27.9 Å². The van der Waals surface area contributed by atoms with Crippen LogP contribution in [0.15, 0.2) is 24.3 Å². The Morgan fingerprint density at radius 1 is 1.27 bits per heavy atom. The minimum absolute atomic E-state index is 0.133. The van der Waals surface area contributed by atoms with E-state index < -0.39 is 0 Å². The van der Waals surface area contributed by atoms with Crippen LogP contribution in [0.5, 0.6) is 5.75 Å². The van der Waals surface area contributed by atoms with Crippen LogP contribution in [0.3, 0.4) is 0 Å². The van der Waals surface area contributed by atoms with Crippen molar-refractivity contribution in [2.24, 2.45) is 0 Å². The van der Waals surface area contributed by atoms with E-state index in [9.17, 15) is 0 Å². The minimum Gasteiger partial charge on any atom is -0.492 e. The van der Waals surface area contributed by atoms with Gasteiger partial charge in [0.1, 0.15) is 12.4 Å². The molecule has 0 amide bonds. The second kappa shape index (κ2) is 6.97. The first-order valence-corrected chi connectivity index (χ1v) is 5.94. The van der Waals surface area contributed by atoms with Crippen LogP contribution < -0.4 is 4.74 Å². The first-order valence-electron chi connectivity index (χ1n) is 4.97. The first-order chi connectivity index (χ1) is 7.26. The van der Waals surface area contributed by atoms with Crippen LogP contribution in [-0.2, 0) is 6.42 Å². The number of hydrogen-bond acceptors (Lipinski definition) is 1. The molecule has 0 saturated carbocycles. The summed E-state index contributed by atoms with van der Waals surface area (Å²) >= 11 is 11.4. The van der Waals surface area contributed by atoms with Crippen LogP contribution in [0.1, 0.15) is 12.0 Å². The number of alkyl halides is 2. The van der Waals surface area contributed by atoms with Crippen molar-refractivity contribution in [3.8, 4) is 5.75 Å². The molecule has 1 radical (unpaired) electrons. The third-order valence-electron chi connectivity index (χ3n) is 1.99. The van der Waals surface area contributed by atoms with Crippen LogP contribution in [0, 0.1) is 6.92 Å². The van der Waals surface area contributed by atoms with Crippen molar-refractivity contribution in [3.63, 3.8) is 0 Å². The summed E-state index contributed by atoms with van der Waals surface area (Å²) in [6, 6.07) is 7.99. The van der Waals surface area contributed by atoms with E-state index in [-0.39, 0.29) is 5.38 Å². The molecule has 0 bridgehead atoms. The van der Waals surface area contributed by atoms with Gasteiger partial charge in [-0.25, -0.2) is 0 Å². The molecule has 1 rings (SSSR count). The Morgan fingerprint density at radius 3 is 2.47 bits per heavy atom. The van der Waals surface area contributed by atoms with Crippen molar-refractivity contribution >= 4 is 23.2 Å². The molecule has 0 aliphatic carbocycles. The second-order valence-electron chi connectivity index (χ2n) is 3.31. The smallest absolute Gasteiger partial charge is 0.119 e. The first kappa shape index (κ1) is 12.7. The Balaban J connectivity index is 2.42. The lowest BCUT2D eigenvalue weighted by molar-refractivity contribution is 0.321. The van der Waals surface area contributed by atoms with Gasteiger partial charge in [0.25, 0.3) is 0 Å². The zero-order chi connectivity index (χ0) is 11.1. The van der Waals surface area contributed by atoms with Crippen molar-refractivity contribution in [3.05, 3.63) is 36.8 Å². The average Bonchev–Trinajstić information content (AvgIpc) is 2.28. The van der Waals surface area contributed by atoms with Crippen LogP contribution in [-0.4, -0.2) is 17.9 Å². The van der Waals surface area contributed by atoms with E-state index in [1.165, 1.54) is 5.56 Å². The predicted octanol–water partition coefficient (Wildman–Crippen LogP) is 3.68. The maximum atomic E-state index is 5.83. The summed E-state index contributed by atoms with van der Waals surface area (Å²) in [7, 11) is 0. The highest BCUT2D eigenvalue weighted by atomic mass is 35.5. The molecule has 0 aliphatic rings. The zero-order valence-corrected chi connectivity index (χ0v) is 10.1. The fraction of sp³-hybridized carbons (Fsp3) is 0.417. The van der Waals surface area contributed by atoms with E-state index in [1.54, 1.807) is 0 Å². The molecular weight excluding hydrogens is 231 g/mol. The number of aryl methyl sites for hydroxylation is 1. The molecule has 1 aromatic carbocycles. The standard InChI is InChI=1S/C12H15Cl2O/c1-2-3-10-4-6-12(7-5-10)15-9-11(14)8-13/h4-7,11H,1-3,8-9H2. The molecular formula is C12H15Cl2O. The Bertz CT molecular complexity index is 271. The Hall–Kier alpha value is -0.400. The van der Waals surface area contributed by atoms with Gasteiger partial charge < -0.3 is 4.74 Å². The summed E-state index contributed by atoms with van der Waals surface area (Å²) in [5.74, 6) is 1.24. The summed E-state index contributed by atoms with van der Waals surface area (Å²) in [6.07, 6.45) is 1.91. The van der Waals surface area contributed by atoms with Crippen molar-refractivity contribution in [2.75, 3.05) is 12.5 Å². The third-order valence-corrected chi connectivity index (χ3v) is 2.80. The van der Waals surface area contributed by atoms with Crippen LogP contribution in [0.2, 0.25) is 0 Å². The lowest BCUT2D eigenvalue weighted by Gasteiger charge is -2.09. The Labute approximate surface area is 101 Å². The predicted molar refractivity (Wildman–Crippen MR) is 66.0 cm³/mol. The van der Waals surface area contributed by atoms with Gasteiger partial charge in [-0.1, -0.05) is 19.1 Å². The Kier molecular flexibility index (Phi) is 5.89. The van der Waals surface area contributed by atoms with Gasteiger partial charge in [-0.3, -0.25) is 0 Å². The number of halogens is 2. The highest BCUT2D eigenvalue weighted by molar-refractivity contribution is 6.28. The SMILES string of the molecule is [CH2]CCc1ccc(OCC(Cl)CCl)cc1. The minimum atomic E-state index is -0.133. The van der Waals surface area contributed by atoms with E-state index in [0.717, 1.165) is 18.6 Å². The molecule has 1 unspecified atom stereocenters. The maximum Gasteiger partial charge on any atom is 0.119 e. The molecule has 1 atom stereocenters. The number of benzene rings is 1. The summed E-state index contributed by atoms with van der Waals surface area (Å²) < 4.78 is 5.46. The molecule has 15 heavy (non-hydrogen) atoms. The molecule has 1 aromatic rings. The van der Waals surface area contributed by atoms with Gasteiger partial charge in [-0.15, -0.1) is 23.2 Å². The molecule has 0 spiro atoms. The van der Waals surface area contributed by atoms with Crippen LogP contribution in [0.25, 0.3) is 0 Å². The van der Waals surface area contributed by atoms with E-state index in [2.05, 4.69) is 6.92 Å². The van der Waals surface area contributed by atoms with Gasteiger partial charge in [0.05, 0.1) is 5.38 Å². The molecule has 83 valence electrons. The fourth-order valence-corrected chi connectivity index (χ4v) is 1.34. The zero-order valence-electron chi connectivity index (χ0n) is 8.59. The highest BCUT2D eigenvalue weighted by Crippen LogP contribution is 2.14. The molecule has 0 aromatic heterocycles. The van der Waals surface area contributed by atoms with Crippen molar-refractivity contribution in [1.29, 1.82) is 0 Å². The summed E-state index contributed by atoms with van der Waals surface area (Å²) in [4.78, 5) is 0. The van der Waals surface area contributed by atoms with Crippen molar-refractivity contribution in [1.82, 2.24) is 0 Å². The summed E-state index contributed by atoms with van der Waals surface area (Å²) in [5, 5.41) is -0.133. The Morgan fingerprint density at radius 2 is 1.93 bits per heavy atom. The molecule has 0 saturated heterocycles. The normalized spacial score (nSPS) is 12.5. The largest absolute Gasteiger partial charge is 0.492 e. The molecule has 0 fully saturated rings. The molecule has 0 aliphatic heterocycles. The van der Waals surface area contributed by atoms with Crippen LogP contribution in [0.4, 0.5) is 0 Å². The second-order valence-corrected chi connectivity index (χ2v) is 4.24. The summed E-state index contributed by atoms with van der Waals surface area (Å²) in [6.45, 7) is 4.25. The molecule has 0 N–H and O–H groups in total. The number of hydrogen-bond donors (Lipinski definition) is 0. The van der Waals surface area contributed by atoms with Gasteiger partial charge in [0, 0.05) is 5.88 Å².